The van der Waals surface area contributed by atoms with Crippen LogP contribution in [0.5, 0.6) is 0 Å². The molecule has 1 heteroatoms. The number of hydrogen-bond acceptors (Lipinski definition) is 1. The van der Waals surface area contributed by atoms with E-state index >= 15 is 0 Å². The Morgan fingerprint density at radius 2 is 1.56 bits per heavy atom. The van der Waals surface area contributed by atoms with Gasteiger partial charge in [0.05, 0.1) is 0 Å². The van der Waals surface area contributed by atoms with Crippen LogP contribution >= 0.6 is 0 Å². The number of hydrogen-bond donors (Lipinski definition) is 1. The predicted molar refractivity (Wildman–Crippen MR) is 80.9 cm³/mol. The van der Waals surface area contributed by atoms with Crippen LogP contribution in [0, 0.1) is 5.92 Å². The quantitative estimate of drug-likeness (QED) is 0.700. The van der Waals surface area contributed by atoms with E-state index in [0.717, 1.165) is 12.5 Å². The first-order valence-corrected chi connectivity index (χ1v) is 7.58. The topological polar surface area (TPSA) is 12.0 Å². The van der Waals surface area contributed by atoms with Crippen LogP contribution in [0.1, 0.15) is 64.1 Å². The summed E-state index contributed by atoms with van der Waals surface area (Å²) >= 11 is 0. The molecule has 0 aliphatic heterocycles. The van der Waals surface area contributed by atoms with E-state index < -0.39 is 0 Å². The maximum Gasteiger partial charge on any atom is 0.0348 e. The van der Waals surface area contributed by atoms with E-state index in [-0.39, 0.29) is 0 Å². The van der Waals surface area contributed by atoms with Crippen LogP contribution in [0.4, 0.5) is 0 Å². The molecule has 1 aromatic carbocycles. The maximum atomic E-state index is 3.65. The minimum Gasteiger partial charge on any atom is -0.310 e. The molecule has 0 radical (unpaired) electrons. The zero-order valence-electron chi connectivity index (χ0n) is 12.5. The Hall–Kier alpha value is -0.820. The molecule has 1 aromatic rings. The second-order valence-electron chi connectivity index (χ2n) is 5.10. The normalized spacial score (nSPS) is 12.9. The summed E-state index contributed by atoms with van der Waals surface area (Å²) in [4.78, 5) is 0. The molecule has 1 rings (SSSR count). The Balaban J connectivity index is 2.84. The Morgan fingerprint density at radius 1 is 0.944 bits per heavy atom. The third kappa shape index (κ3) is 4.13. The molecule has 0 amide bonds. The van der Waals surface area contributed by atoms with Crippen molar-refractivity contribution in [2.75, 3.05) is 6.54 Å². The van der Waals surface area contributed by atoms with Crippen molar-refractivity contribution in [3.05, 3.63) is 35.4 Å². The van der Waals surface area contributed by atoms with Crippen molar-refractivity contribution < 1.29 is 0 Å². The fourth-order valence-electron chi connectivity index (χ4n) is 2.72. The summed E-state index contributed by atoms with van der Waals surface area (Å²) in [7, 11) is 0. The number of aryl methyl sites for hydroxylation is 1. The minimum atomic E-state index is 0.515. The zero-order chi connectivity index (χ0) is 13.4. The number of nitrogens with one attached hydrogen (secondary N) is 1. The highest BCUT2D eigenvalue weighted by Gasteiger charge is 2.18. The molecule has 18 heavy (non-hydrogen) atoms. The lowest BCUT2D eigenvalue weighted by atomic mass is 9.88. The Labute approximate surface area is 113 Å². The summed E-state index contributed by atoms with van der Waals surface area (Å²) in [5, 5.41) is 3.65. The average molecular weight is 247 g/mol. The van der Waals surface area contributed by atoms with Gasteiger partial charge in [-0.2, -0.15) is 0 Å². The van der Waals surface area contributed by atoms with Gasteiger partial charge in [-0.05, 0) is 30.0 Å². The Kier molecular flexibility index (Phi) is 7.04. The van der Waals surface area contributed by atoms with Gasteiger partial charge in [0.25, 0.3) is 0 Å². The molecule has 1 N–H and O–H groups in total. The van der Waals surface area contributed by atoms with Crippen LogP contribution < -0.4 is 5.32 Å². The molecule has 0 bridgehead atoms. The highest BCUT2D eigenvalue weighted by Crippen LogP contribution is 2.27. The first kappa shape index (κ1) is 15.2. The first-order chi connectivity index (χ1) is 8.76. The molecule has 0 fully saturated rings. The number of rotatable bonds is 8. The lowest BCUT2D eigenvalue weighted by Crippen LogP contribution is -2.27. The highest BCUT2D eigenvalue weighted by molar-refractivity contribution is 5.25. The van der Waals surface area contributed by atoms with Crippen molar-refractivity contribution >= 4 is 0 Å². The van der Waals surface area contributed by atoms with E-state index in [1.807, 2.05) is 0 Å². The van der Waals surface area contributed by atoms with Crippen molar-refractivity contribution in [3.8, 4) is 0 Å². The summed E-state index contributed by atoms with van der Waals surface area (Å²) in [6.07, 6.45) is 4.90. The molecule has 0 heterocycles. The molecule has 0 aromatic heterocycles. The molecule has 1 nitrogen and oxygen atoms in total. The summed E-state index contributed by atoms with van der Waals surface area (Å²) in [5.41, 5.74) is 2.91. The van der Waals surface area contributed by atoms with E-state index in [9.17, 15) is 0 Å². The van der Waals surface area contributed by atoms with Gasteiger partial charge in [-0.15, -0.1) is 0 Å². The van der Waals surface area contributed by atoms with Gasteiger partial charge in [-0.1, -0.05) is 71.2 Å². The van der Waals surface area contributed by atoms with E-state index in [4.69, 9.17) is 0 Å². The van der Waals surface area contributed by atoms with Crippen molar-refractivity contribution in [2.24, 2.45) is 5.92 Å². The van der Waals surface area contributed by atoms with Crippen molar-refractivity contribution in [2.45, 2.75) is 59.4 Å². The van der Waals surface area contributed by atoms with Crippen LogP contribution in [0.15, 0.2) is 24.3 Å². The largest absolute Gasteiger partial charge is 0.310 e. The van der Waals surface area contributed by atoms with Gasteiger partial charge in [-0.25, -0.2) is 0 Å². The summed E-state index contributed by atoms with van der Waals surface area (Å²) in [6, 6.07) is 9.74. The zero-order valence-corrected chi connectivity index (χ0v) is 12.5. The first-order valence-electron chi connectivity index (χ1n) is 7.58. The van der Waals surface area contributed by atoms with Gasteiger partial charge in [0, 0.05) is 6.04 Å². The fraction of sp³-hybridized carbons (Fsp3) is 0.647. The molecule has 0 aliphatic rings. The van der Waals surface area contributed by atoms with Crippen LogP contribution in [-0.2, 0) is 6.42 Å². The van der Waals surface area contributed by atoms with Crippen molar-refractivity contribution in [3.63, 3.8) is 0 Å². The predicted octanol–water partition coefficient (Wildman–Crippen LogP) is 4.73. The van der Waals surface area contributed by atoms with E-state index in [2.05, 4.69) is 57.3 Å². The van der Waals surface area contributed by atoms with Gasteiger partial charge in [0.1, 0.15) is 0 Å². The van der Waals surface area contributed by atoms with Gasteiger partial charge in [0.15, 0.2) is 0 Å². The molecule has 0 saturated carbocycles. The van der Waals surface area contributed by atoms with Gasteiger partial charge < -0.3 is 5.32 Å². The third-order valence-electron chi connectivity index (χ3n) is 3.82. The molecule has 0 spiro atoms. The van der Waals surface area contributed by atoms with Gasteiger partial charge >= 0.3 is 0 Å². The van der Waals surface area contributed by atoms with E-state index in [0.29, 0.717) is 6.04 Å². The molecule has 1 atom stereocenters. The second-order valence-corrected chi connectivity index (χ2v) is 5.10. The molecule has 1 unspecified atom stereocenters. The molecule has 0 saturated heterocycles. The van der Waals surface area contributed by atoms with Crippen molar-refractivity contribution in [1.82, 2.24) is 5.32 Å². The van der Waals surface area contributed by atoms with Crippen molar-refractivity contribution in [1.29, 1.82) is 0 Å². The smallest absolute Gasteiger partial charge is 0.0348 e. The summed E-state index contributed by atoms with van der Waals surface area (Å²) in [6.45, 7) is 10.1. The van der Waals surface area contributed by atoms with Crippen LogP contribution in [-0.4, -0.2) is 6.54 Å². The number of benzene rings is 1. The monoisotopic (exact) mass is 247 g/mol. The minimum absolute atomic E-state index is 0.515. The van der Waals surface area contributed by atoms with Crippen LogP contribution in [0.3, 0.4) is 0 Å². The van der Waals surface area contributed by atoms with Gasteiger partial charge in [0.2, 0.25) is 0 Å². The molecule has 0 aliphatic carbocycles. The van der Waals surface area contributed by atoms with E-state index in [1.54, 1.807) is 0 Å². The highest BCUT2D eigenvalue weighted by atomic mass is 14.9. The fourth-order valence-corrected chi connectivity index (χ4v) is 2.72. The van der Waals surface area contributed by atoms with Gasteiger partial charge in [-0.3, -0.25) is 0 Å². The standard InChI is InChI=1S/C17H29N/c1-5-9-14-10-12-16(13-11-14)17(18-8-4)15(6-2)7-3/h10-13,15,17-18H,5-9H2,1-4H3. The molecular weight excluding hydrogens is 218 g/mol. The average Bonchev–Trinajstić information content (AvgIpc) is 2.40. The van der Waals surface area contributed by atoms with E-state index in [1.165, 1.54) is 36.8 Å². The van der Waals surface area contributed by atoms with Crippen LogP contribution in [0.25, 0.3) is 0 Å². The van der Waals surface area contributed by atoms with Crippen LogP contribution in [0.2, 0.25) is 0 Å². The maximum absolute atomic E-state index is 3.65. The SMILES string of the molecule is CCCc1ccc(C(NCC)C(CC)CC)cc1. The third-order valence-corrected chi connectivity index (χ3v) is 3.82. The lowest BCUT2D eigenvalue weighted by Gasteiger charge is -2.26. The Bertz CT molecular complexity index is 311. The summed E-state index contributed by atoms with van der Waals surface area (Å²) < 4.78 is 0. The molecular formula is C17H29N. The summed E-state index contributed by atoms with van der Waals surface area (Å²) in [5.74, 6) is 0.738. The second kappa shape index (κ2) is 8.31. The molecule has 102 valence electrons. The Morgan fingerprint density at radius 3 is 2.00 bits per heavy atom. The lowest BCUT2D eigenvalue weighted by molar-refractivity contribution is 0.346.